The Bertz CT molecular complexity index is 687. The van der Waals surface area contributed by atoms with Crippen molar-refractivity contribution in [1.29, 1.82) is 0 Å². The summed E-state index contributed by atoms with van der Waals surface area (Å²) in [6.45, 7) is 0.711. The van der Waals surface area contributed by atoms with E-state index in [9.17, 15) is 0 Å². The van der Waals surface area contributed by atoms with Crippen LogP contribution in [-0.4, -0.2) is 9.97 Å². The van der Waals surface area contributed by atoms with Gasteiger partial charge in [-0.3, -0.25) is 0 Å². The zero-order valence-electron chi connectivity index (χ0n) is 11.4. The molecule has 0 radical (unpaired) electrons. The lowest BCUT2D eigenvalue weighted by molar-refractivity contribution is 0.442. The Kier molecular flexibility index (Phi) is 4.07. The molecular weight excluding hydrogens is 262 g/mol. The number of benzene rings is 2. The number of nitrogens with zero attached hydrogens (tertiary/aromatic N) is 2. The van der Waals surface area contributed by atoms with Gasteiger partial charge >= 0.3 is 6.01 Å². The first-order chi connectivity index (χ1) is 10.4. The van der Waals surface area contributed by atoms with Crippen LogP contribution in [0.4, 0.5) is 5.82 Å². The Labute approximate surface area is 123 Å². The maximum absolute atomic E-state index is 5.61. The van der Waals surface area contributed by atoms with Gasteiger partial charge in [-0.25, -0.2) is 4.98 Å². The lowest BCUT2D eigenvalue weighted by Crippen LogP contribution is -2.02. The molecule has 2 aromatic carbocycles. The summed E-state index contributed by atoms with van der Waals surface area (Å²) in [5.41, 5.74) is 1.20. The van der Waals surface area contributed by atoms with E-state index in [0.717, 1.165) is 11.6 Å². The Morgan fingerprint density at radius 3 is 2.33 bits per heavy atom. The number of anilines is 1. The highest BCUT2D eigenvalue weighted by Gasteiger charge is 2.02. The van der Waals surface area contributed by atoms with E-state index in [0.29, 0.717) is 12.6 Å². The summed E-state index contributed by atoms with van der Waals surface area (Å²) in [6.07, 6.45) is 1.68. The summed E-state index contributed by atoms with van der Waals surface area (Å²) in [6, 6.07) is 21.8. The quantitative estimate of drug-likeness (QED) is 0.768. The van der Waals surface area contributed by atoms with E-state index in [1.165, 1.54) is 5.56 Å². The third-order valence-electron chi connectivity index (χ3n) is 2.90. The maximum Gasteiger partial charge on any atom is 0.323 e. The minimum absolute atomic E-state index is 0.333. The lowest BCUT2D eigenvalue weighted by Gasteiger charge is -2.07. The highest BCUT2D eigenvalue weighted by atomic mass is 16.5. The Morgan fingerprint density at radius 1 is 0.857 bits per heavy atom. The van der Waals surface area contributed by atoms with Crippen molar-refractivity contribution in [1.82, 2.24) is 9.97 Å². The average molecular weight is 277 g/mol. The molecule has 3 rings (SSSR count). The maximum atomic E-state index is 5.61. The SMILES string of the molecule is c1ccc(CNc2ccnc(Oc3ccccc3)n2)cc1. The van der Waals surface area contributed by atoms with E-state index < -0.39 is 0 Å². The van der Waals surface area contributed by atoms with E-state index in [1.807, 2.05) is 54.6 Å². The predicted molar refractivity (Wildman–Crippen MR) is 82.3 cm³/mol. The second-order valence-corrected chi connectivity index (χ2v) is 4.48. The summed E-state index contributed by atoms with van der Waals surface area (Å²) in [7, 11) is 0. The van der Waals surface area contributed by atoms with Crippen molar-refractivity contribution in [3.05, 3.63) is 78.5 Å². The van der Waals surface area contributed by atoms with Gasteiger partial charge in [-0.2, -0.15) is 4.98 Å². The number of rotatable bonds is 5. The highest BCUT2D eigenvalue weighted by molar-refractivity contribution is 5.36. The first-order valence-corrected chi connectivity index (χ1v) is 6.74. The van der Waals surface area contributed by atoms with Gasteiger partial charge in [-0.15, -0.1) is 0 Å². The van der Waals surface area contributed by atoms with Crippen molar-refractivity contribution < 1.29 is 4.74 Å². The average Bonchev–Trinajstić information content (AvgIpc) is 2.55. The molecule has 21 heavy (non-hydrogen) atoms. The van der Waals surface area contributed by atoms with E-state index >= 15 is 0 Å². The number of ether oxygens (including phenoxy) is 1. The largest absolute Gasteiger partial charge is 0.424 e. The van der Waals surface area contributed by atoms with Gasteiger partial charge in [-0.1, -0.05) is 48.5 Å². The number of hydrogen-bond acceptors (Lipinski definition) is 4. The fourth-order valence-corrected chi connectivity index (χ4v) is 1.87. The van der Waals surface area contributed by atoms with Gasteiger partial charge in [0.25, 0.3) is 0 Å². The molecule has 3 aromatic rings. The fraction of sp³-hybridized carbons (Fsp3) is 0.0588. The Balaban J connectivity index is 1.66. The van der Waals surface area contributed by atoms with E-state index in [-0.39, 0.29) is 0 Å². The van der Waals surface area contributed by atoms with Gasteiger partial charge in [0, 0.05) is 12.7 Å². The third-order valence-corrected chi connectivity index (χ3v) is 2.90. The molecule has 1 heterocycles. The molecule has 0 saturated carbocycles. The monoisotopic (exact) mass is 277 g/mol. The second kappa shape index (κ2) is 6.52. The van der Waals surface area contributed by atoms with E-state index in [4.69, 9.17) is 4.74 Å². The molecule has 0 amide bonds. The van der Waals surface area contributed by atoms with E-state index in [1.54, 1.807) is 6.20 Å². The molecule has 4 heteroatoms. The molecule has 0 aliphatic rings. The van der Waals surface area contributed by atoms with E-state index in [2.05, 4.69) is 27.4 Å². The molecule has 4 nitrogen and oxygen atoms in total. The lowest BCUT2D eigenvalue weighted by atomic mass is 10.2. The third kappa shape index (κ3) is 3.79. The summed E-state index contributed by atoms with van der Waals surface area (Å²) in [5, 5.41) is 3.26. The number of hydrogen-bond donors (Lipinski definition) is 1. The molecule has 1 N–H and O–H groups in total. The summed E-state index contributed by atoms with van der Waals surface area (Å²) >= 11 is 0. The van der Waals surface area contributed by atoms with Crippen LogP contribution in [0.1, 0.15) is 5.56 Å². The standard InChI is InChI=1S/C17H15N3O/c1-3-7-14(8-4-1)13-19-16-11-12-18-17(20-16)21-15-9-5-2-6-10-15/h1-12H,13H2,(H,18,19,20). The smallest absolute Gasteiger partial charge is 0.323 e. The molecule has 0 spiro atoms. The zero-order chi connectivity index (χ0) is 14.3. The molecule has 0 atom stereocenters. The van der Waals surface area contributed by atoms with Crippen LogP contribution in [0.5, 0.6) is 11.8 Å². The van der Waals surface area contributed by atoms with Gasteiger partial charge in [0.2, 0.25) is 0 Å². The van der Waals surface area contributed by atoms with Crippen molar-refractivity contribution >= 4 is 5.82 Å². The van der Waals surface area contributed by atoms with Gasteiger partial charge in [0.1, 0.15) is 11.6 Å². The van der Waals surface area contributed by atoms with Gasteiger partial charge in [0.05, 0.1) is 0 Å². The summed E-state index contributed by atoms with van der Waals surface area (Å²) < 4.78 is 5.61. The predicted octanol–water partition coefficient (Wildman–Crippen LogP) is 3.88. The first-order valence-electron chi connectivity index (χ1n) is 6.74. The minimum Gasteiger partial charge on any atom is -0.424 e. The molecule has 1 aromatic heterocycles. The number of aromatic nitrogens is 2. The van der Waals surface area contributed by atoms with Crippen LogP contribution in [-0.2, 0) is 6.54 Å². The zero-order valence-corrected chi connectivity index (χ0v) is 11.4. The second-order valence-electron chi connectivity index (χ2n) is 4.48. The molecular formula is C17H15N3O. The van der Waals surface area contributed by atoms with Crippen molar-refractivity contribution in [2.45, 2.75) is 6.54 Å². The molecule has 104 valence electrons. The van der Waals surface area contributed by atoms with Gasteiger partial charge in [0.15, 0.2) is 0 Å². The van der Waals surface area contributed by atoms with Crippen molar-refractivity contribution in [2.24, 2.45) is 0 Å². The Hall–Kier alpha value is -2.88. The first kappa shape index (κ1) is 13.1. The van der Waals surface area contributed by atoms with Crippen LogP contribution in [0.2, 0.25) is 0 Å². The molecule has 0 bridgehead atoms. The summed E-state index contributed by atoms with van der Waals surface area (Å²) in [4.78, 5) is 8.45. The van der Waals surface area contributed by atoms with Crippen LogP contribution in [0.15, 0.2) is 72.9 Å². The van der Waals surface area contributed by atoms with Crippen LogP contribution in [0.3, 0.4) is 0 Å². The summed E-state index contributed by atoms with van der Waals surface area (Å²) in [5.74, 6) is 1.46. The fourth-order valence-electron chi connectivity index (χ4n) is 1.87. The number of nitrogens with one attached hydrogen (secondary N) is 1. The van der Waals surface area contributed by atoms with Crippen LogP contribution >= 0.6 is 0 Å². The molecule has 0 unspecified atom stereocenters. The normalized spacial score (nSPS) is 10.1. The highest BCUT2D eigenvalue weighted by Crippen LogP contribution is 2.18. The topological polar surface area (TPSA) is 47.0 Å². The minimum atomic E-state index is 0.333. The van der Waals surface area contributed by atoms with Crippen LogP contribution in [0.25, 0.3) is 0 Å². The van der Waals surface area contributed by atoms with Crippen molar-refractivity contribution in [2.75, 3.05) is 5.32 Å². The van der Waals surface area contributed by atoms with Gasteiger partial charge < -0.3 is 10.1 Å². The Morgan fingerprint density at radius 2 is 1.57 bits per heavy atom. The molecule has 0 fully saturated rings. The van der Waals surface area contributed by atoms with Crippen molar-refractivity contribution in [3.63, 3.8) is 0 Å². The van der Waals surface area contributed by atoms with Crippen LogP contribution < -0.4 is 10.1 Å². The molecule has 0 aliphatic heterocycles. The molecule has 0 aliphatic carbocycles. The molecule has 0 saturated heterocycles. The number of para-hydroxylation sites is 1. The van der Waals surface area contributed by atoms with Crippen LogP contribution in [0, 0.1) is 0 Å². The van der Waals surface area contributed by atoms with Gasteiger partial charge in [-0.05, 0) is 23.8 Å². The van der Waals surface area contributed by atoms with Crippen molar-refractivity contribution in [3.8, 4) is 11.8 Å².